The van der Waals surface area contributed by atoms with Crippen LogP contribution in [0.5, 0.6) is 0 Å². The van der Waals surface area contributed by atoms with E-state index in [1.54, 1.807) is 13.0 Å². The van der Waals surface area contributed by atoms with Crippen LogP contribution in [0.2, 0.25) is 5.02 Å². The number of carbonyl (C=O) groups is 1. The zero-order chi connectivity index (χ0) is 22.5. The van der Waals surface area contributed by atoms with Gasteiger partial charge in [-0.2, -0.15) is 0 Å². The van der Waals surface area contributed by atoms with Crippen LogP contribution in [0.15, 0.2) is 78.9 Å². The Balaban J connectivity index is 1.96. The van der Waals surface area contributed by atoms with Crippen molar-refractivity contribution in [3.8, 4) is 22.4 Å². The smallest absolute Gasteiger partial charge is 0.342 e. The van der Waals surface area contributed by atoms with Gasteiger partial charge in [-0.3, -0.25) is 0 Å². The number of benzene rings is 3. The van der Waals surface area contributed by atoms with Gasteiger partial charge in [0.25, 0.3) is 0 Å². The van der Waals surface area contributed by atoms with E-state index in [0.29, 0.717) is 33.3 Å². The Labute approximate surface area is 192 Å². The molecular formula is C26H22ClN3O2. The molecule has 1 N–H and O–H groups in total. The highest BCUT2D eigenvalue weighted by molar-refractivity contribution is 6.31. The molecule has 5 nitrogen and oxygen atoms in total. The molecule has 3 aromatic carbocycles. The van der Waals surface area contributed by atoms with E-state index in [1.165, 1.54) is 0 Å². The van der Waals surface area contributed by atoms with Crippen molar-refractivity contribution in [1.82, 2.24) is 10.2 Å². The Morgan fingerprint density at radius 3 is 2.22 bits per heavy atom. The quantitative estimate of drug-likeness (QED) is 0.336. The summed E-state index contributed by atoms with van der Waals surface area (Å²) in [6.45, 7) is 3.95. The first-order valence-corrected chi connectivity index (χ1v) is 10.7. The molecule has 6 heteroatoms. The Morgan fingerprint density at radius 2 is 1.59 bits per heavy atom. The van der Waals surface area contributed by atoms with Gasteiger partial charge in [-0.05, 0) is 37.1 Å². The number of aromatic nitrogens is 2. The Hall–Kier alpha value is -3.70. The lowest BCUT2D eigenvalue weighted by atomic mass is 9.95. The molecule has 0 bridgehead atoms. The number of ether oxygens (including phenoxy) is 1. The van der Waals surface area contributed by atoms with E-state index < -0.39 is 5.97 Å². The highest BCUT2D eigenvalue weighted by Crippen LogP contribution is 2.37. The normalized spacial score (nSPS) is 10.6. The first kappa shape index (κ1) is 21.5. The predicted octanol–water partition coefficient (Wildman–Crippen LogP) is 6.69. The second kappa shape index (κ2) is 9.62. The van der Waals surface area contributed by atoms with E-state index >= 15 is 0 Å². The number of esters is 1. The van der Waals surface area contributed by atoms with Crippen molar-refractivity contribution in [3.63, 3.8) is 0 Å². The van der Waals surface area contributed by atoms with Crippen LogP contribution in [-0.4, -0.2) is 22.8 Å². The van der Waals surface area contributed by atoms with E-state index in [9.17, 15) is 4.79 Å². The minimum absolute atomic E-state index is 0.242. The first-order chi connectivity index (χ1) is 15.6. The largest absolute Gasteiger partial charge is 0.462 e. The molecule has 32 heavy (non-hydrogen) atoms. The number of hydrogen-bond donors (Lipinski definition) is 1. The van der Waals surface area contributed by atoms with Crippen LogP contribution >= 0.6 is 11.6 Å². The average Bonchev–Trinajstić information content (AvgIpc) is 2.82. The summed E-state index contributed by atoms with van der Waals surface area (Å²) in [6.07, 6.45) is 0. The second-order valence-corrected chi connectivity index (χ2v) is 7.60. The lowest BCUT2D eigenvalue weighted by molar-refractivity contribution is 0.0528. The number of nitrogens with one attached hydrogen (secondary N) is 1. The number of anilines is 2. The standard InChI is InChI=1S/C26H22ClN3O2/c1-3-32-26(31)23-22(18-10-6-4-7-11-18)24(19-12-8-5-9-13-19)29-30-25(23)28-20-15-14-17(2)21(27)16-20/h4-16H,3H2,1-2H3,(H,28,30). The van der Waals surface area contributed by atoms with Crippen LogP contribution in [-0.2, 0) is 4.74 Å². The summed E-state index contributed by atoms with van der Waals surface area (Å²) in [6, 6.07) is 24.9. The lowest BCUT2D eigenvalue weighted by Crippen LogP contribution is -2.13. The molecule has 4 rings (SSSR count). The summed E-state index contributed by atoms with van der Waals surface area (Å²) in [7, 11) is 0. The van der Waals surface area contributed by atoms with E-state index in [-0.39, 0.29) is 6.61 Å². The summed E-state index contributed by atoms with van der Waals surface area (Å²) in [5.74, 6) is -0.166. The molecule has 0 unspecified atom stereocenters. The topological polar surface area (TPSA) is 64.1 Å². The summed E-state index contributed by atoms with van der Waals surface area (Å²) in [4.78, 5) is 13.2. The summed E-state index contributed by atoms with van der Waals surface area (Å²) in [5, 5.41) is 12.7. The highest BCUT2D eigenvalue weighted by Gasteiger charge is 2.25. The predicted molar refractivity (Wildman–Crippen MR) is 128 cm³/mol. The number of hydrogen-bond acceptors (Lipinski definition) is 5. The summed E-state index contributed by atoms with van der Waals surface area (Å²) in [5.41, 5.74) is 4.94. The number of aryl methyl sites for hydroxylation is 1. The molecule has 0 atom stereocenters. The molecule has 0 saturated carbocycles. The Bertz CT molecular complexity index is 1240. The minimum atomic E-state index is -0.473. The lowest BCUT2D eigenvalue weighted by Gasteiger charge is -2.17. The van der Waals surface area contributed by atoms with Gasteiger partial charge in [0, 0.05) is 21.8 Å². The van der Waals surface area contributed by atoms with Crippen molar-refractivity contribution in [3.05, 3.63) is 95.0 Å². The zero-order valence-corrected chi connectivity index (χ0v) is 18.6. The van der Waals surface area contributed by atoms with Gasteiger partial charge in [-0.25, -0.2) is 4.79 Å². The Morgan fingerprint density at radius 1 is 0.938 bits per heavy atom. The van der Waals surface area contributed by atoms with Crippen molar-refractivity contribution >= 4 is 29.1 Å². The maximum Gasteiger partial charge on any atom is 0.342 e. The number of nitrogens with zero attached hydrogens (tertiary/aromatic N) is 2. The van der Waals surface area contributed by atoms with Gasteiger partial charge in [-0.1, -0.05) is 78.3 Å². The van der Waals surface area contributed by atoms with Gasteiger partial charge in [0.1, 0.15) is 11.3 Å². The maximum absolute atomic E-state index is 13.2. The highest BCUT2D eigenvalue weighted by atomic mass is 35.5. The minimum Gasteiger partial charge on any atom is -0.462 e. The molecule has 4 aromatic rings. The number of rotatable bonds is 6. The molecular weight excluding hydrogens is 422 g/mol. The van der Waals surface area contributed by atoms with Gasteiger partial charge in [0.2, 0.25) is 0 Å². The van der Waals surface area contributed by atoms with Crippen LogP contribution in [0.4, 0.5) is 11.5 Å². The molecule has 0 aliphatic rings. The number of halogens is 1. The Kier molecular flexibility index (Phi) is 6.47. The monoisotopic (exact) mass is 443 g/mol. The SMILES string of the molecule is CCOC(=O)c1c(Nc2ccc(C)c(Cl)c2)nnc(-c2ccccc2)c1-c1ccccc1. The van der Waals surface area contributed by atoms with E-state index in [4.69, 9.17) is 16.3 Å². The summed E-state index contributed by atoms with van der Waals surface area (Å²) < 4.78 is 5.43. The van der Waals surface area contributed by atoms with Gasteiger partial charge in [0.15, 0.2) is 5.82 Å². The molecule has 0 fully saturated rings. The third-order valence-electron chi connectivity index (χ3n) is 5.00. The fourth-order valence-corrected chi connectivity index (χ4v) is 3.60. The van der Waals surface area contributed by atoms with E-state index in [0.717, 1.165) is 16.7 Å². The molecule has 160 valence electrons. The molecule has 1 aromatic heterocycles. The fourth-order valence-electron chi connectivity index (χ4n) is 3.42. The van der Waals surface area contributed by atoms with Crippen molar-refractivity contribution in [2.45, 2.75) is 13.8 Å². The van der Waals surface area contributed by atoms with Gasteiger partial charge >= 0.3 is 5.97 Å². The third kappa shape index (κ3) is 4.48. The molecule has 1 heterocycles. The first-order valence-electron chi connectivity index (χ1n) is 10.3. The molecule has 0 saturated heterocycles. The van der Waals surface area contributed by atoms with Gasteiger partial charge in [0.05, 0.1) is 6.61 Å². The molecule has 0 spiro atoms. The van der Waals surface area contributed by atoms with Gasteiger partial charge < -0.3 is 10.1 Å². The van der Waals surface area contributed by atoms with Crippen LogP contribution < -0.4 is 5.32 Å². The molecule has 0 amide bonds. The van der Waals surface area contributed by atoms with Crippen LogP contribution in [0.1, 0.15) is 22.8 Å². The average molecular weight is 444 g/mol. The molecule has 0 aliphatic carbocycles. The van der Waals surface area contributed by atoms with Crippen LogP contribution in [0, 0.1) is 6.92 Å². The third-order valence-corrected chi connectivity index (χ3v) is 5.40. The van der Waals surface area contributed by atoms with E-state index in [1.807, 2.05) is 79.7 Å². The van der Waals surface area contributed by atoms with E-state index in [2.05, 4.69) is 15.5 Å². The maximum atomic E-state index is 13.2. The molecule has 0 aliphatic heterocycles. The molecule has 0 radical (unpaired) electrons. The van der Waals surface area contributed by atoms with Crippen molar-refractivity contribution in [1.29, 1.82) is 0 Å². The van der Waals surface area contributed by atoms with Crippen molar-refractivity contribution in [2.24, 2.45) is 0 Å². The van der Waals surface area contributed by atoms with Crippen molar-refractivity contribution < 1.29 is 9.53 Å². The van der Waals surface area contributed by atoms with Crippen molar-refractivity contribution in [2.75, 3.05) is 11.9 Å². The van der Waals surface area contributed by atoms with Crippen LogP contribution in [0.25, 0.3) is 22.4 Å². The zero-order valence-electron chi connectivity index (χ0n) is 17.8. The van der Waals surface area contributed by atoms with Crippen LogP contribution in [0.3, 0.4) is 0 Å². The number of carbonyl (C=O) groups excluding carboxylic acids is 1. The summed E-state index contributed by atoms with van der Waals surface area (Å²) >= 11 is 6.30. The second-order valence-electron chi connectivity index (χ2n) is 7.19. The fraction of sp³-hybridized carbons (Fsp3) is 0.115. The van der Waals surface area contributed by atoms with Gasteiger partial charge in [-0.15, -0.1) is 10.2 Å².